The third-order valence-electron chi connectivity index (χ3n) is 19.0. The van der Waals surface area contributed by atoms with Gasteiger partial charge in [0.15, 0.2) is 0 Å². The monoisotopic (exact) mass is 947 g/mol. The first-order chi connectivity index (χ1) is 34.1. The van der Waals surface area contributed by atoms with E-state index in [-0.39, 0.29) is 61.6 Å². The fraction of sp³-hybridized carbons (Fsp3) is 0.354. The van der Waals surface area contributed by atoms with Gasteiger partial charge >= 0.3 is 0 Å². The largest absolute Gasteiger partial charge is 0.508 e. The van der Waals surface area contributed by atoms with Gasteiger partial charge in [-0.2, -0.15) is 0 Å². The van der Waals surface area contributed by atoms with Crippen molar-refractivity contribution < 1.29 is 30.6 Å². The summed E-state index contributed by atoms with van der Waals surface area (Å²) in [7, 11) is 0. The van der Waals surface area contributed by atoms with Crippen LogP contribution in [0.2, 0.25) is 0 Å². The highest BCUT2D eigenvalue weighted by Gasteiger charge is 2.51. The maximum atomic E-state index is 10.4. The first kappa shape index (κ1) is 48.0. The summed E-state index contributed by atoms with van der Waals surface area (Å²) in [5.41, 5.74) is 9.03. The van der Waals surface area contributed by atoms with E-state index in [1.54, 1.807) is 24.3 Å². The Hall–Kier alpha value is -6.66. The zero-order chi connectivity index (χ0) is 49.6. The Balaban J connectivity index is 0.972. The van der Waals surface area contributed by atoms with E-state index in [2.05, 4.69) is 118 Å². The van der Waals surface area contributed by atoms with Crippen molar-refractivity contribution in [2.45, 2.75) is 125 Å². The number of benzene rings is 7. The summed E-state index contributed by atoms with van der Waals surface area (Å²) >= 11 is 0. The molecule has 71 heavy (non-hydrogen) atoms. The lowest BCUT2D eigenvalue weighted by Gasteiger charge is -2.53. The van der Waals surface area contributed by atoms with Crippen molar-refractivity contribution >= 4 is 0 Å². The van der Waals surface area contributed by atoms with Gasteiger partial charge in [0.1, 0.15) is 34.5 Å². The molecule has 6 N–H and O–H groups in total. The number of phenolic OH excluding ortho intramolecular Hbond substituents is 6. The van der Waals surface area contributed by atoms with Crippen LogP contribution >= 0.6 is 0 Å². The van der Waals surface area contributed by atoms with E-state index in [1.807, 2.05) is 48.5 Å². The van der Waals surface area contributed by atoms with Crippen LogP contribution in [0.1, 0.15) is 142 Å². The van der Waals surface area contributed by atoms with E-state index in [9.17, 15) is 30.6 Å². The lowest BCUT2D eigenvalue weighted by Crippen LogP contribution is -2.47. The highest BCUT2D eigenvalue weighted by atomic mass is 16.3. The van der Waals surface area contributed by atoms with Gasteiger partial charge in [-0.1, -0.05) is 118 Å². The minimum absolute atomic E-state index is 0.0810. The summed E-state index contributed by atoms with van der Waals surface area (Å²) in [6, 6.07) is 56.5. The van der Waals surface area contributed by atoms with Crippen molar-refractivity contribution in [2.24, 2.45) is 17.8 Å². The number of aromatic hydroxyl groups is 6. The SMILES string of the molecule is CC(C)(c1ccc(C(C)(C2CCC(c3ccc(O)cc3)(c3ccc(O)cc3)CC2)C2CCC(c3ccc(O)cc3)(c3ccc(O)cc3)CC2)cc1)C1CCC(c2ccc(O)cc2)(c2ccc(O)cc2)CC1. The van der Waals surface area contributed by atoms with Gasteiger partial charge in [0.25, 0.3) is 0 Å². The predicted octanol–water partition coefficient (Wildman–Crippen LogP) is 15.0. The van der Waals surface area contributed by atoms with Gasteiger partial charge < -0.3 is 30.6 Å². The lowest BCUT2D eigenvalue weighted by atomic mass is 9.51. The summed E-state index contributed by atoms with van der Waals surface area (Å²) in [6.45, 7) is 7.43. The molecule has 0 saturated heterocycles. The number of hydrogen-bond acceptors (Lipinski definition) is 6. The predicted molar refractivity (Wildman–Crippen MR) is 284 cm³/mol. The molecule has 0 aromatic heterocycles. The summed E-state index contributed by atoms with van der Waals surface area (Å²) in [6.07, 6.45) is 11.9. The van der Waals surface area contributed by atoms with Gasteiger partial charge in [0.2, 0.25) is 0 Å². The summed E-state index contributed by atoms with van der Waals surface area (Å²) in [5.74, 6) is 2.83. The zero-order valence-corrected chi connectivity index (χ0v) is 41.6. The Morgan fingerprint density at radius 3 is 0.704 bits per heavy atom. The Labute approximate surface area is 420 Å². The van der Waals surface area contributed by atoms with Gasteiger partial charge in [-0.15, -0.1) is 0 Å². The van der Waals surface area contributed by atoms with Crippen molar-refractivity contribution in [1.29, 1.82) is 0 Å². The van der Waals surface area contributed by atoms with Crippen molar-refractivity contribution in [3.05, 3.63) is 214 Å². The van der Waals surface area contributed by atoms with Crippen LogP contribution in [0.5, 0.6) is 34.5 Å². The Kier molecular flexibility index (Phi) is 12.7. The lowest BCUT2D eigenvalue weighted by molar-refractivity contribution is 0.0850. The van der Waals surface area contributed by atoms with Crippen LogP contribution < -0.4 is 0 Å². The first-order valence-electron chi connectivity index (χ1n) is 26.0. The highest BCUT2D eigenvalue weighted by molar-refractivity contribution is 5.48. The van der Waals surface area contributed by atoms with Crippen LogP contribution in [-0.2, 0) is 27.1 Å². The Bertz CT molecular complexity index is 2620. The van der Waals surface area contributed by atoms with Crippen LogP contribution in [0.25, 0.3) is 0 Å². The van der Waals surface area contributed by atoms with Crippen LogP contribution in [0.4, 0.5) is 0 Å². The standard InChI is InChI=1S/C65H70O6/c1-61(2,45-32-38-63(39-33-45,49-8-20-55(66)21-9-49)50-10-22-56(67)23-11-50)44-4-6-46(7-5-44)62(3,47-34-40-64(41-35-47,51-12-24-57(68)25-13-51)52-14-26-58(69)27-15-52)48-36-42-65(43-37-48,53-16-28-59(70)29-17-53)54-18-30-60(71)31-19-54/h4-31,45,47-48,66-71H,32-43H2,1-3H3. The topological polar surface area (TPSA) is 121 Å². The summed E-state index contributed by atoms with van der Waals surface area (Å²) in [5, 5.41) is 61.9. The van der Waals surface area contributed by atoms with E-state index in [4.69, 9.17) is 0 Å². The van der Waals surface area contributed by atoms with Crippen molar-refractivity contribution in [3.8, 4) is 34.5 Å². The Morgan fingerprint density at radius 2 is 0.479 bits per heavy atom. The molecule has 0 heterocycles. The van der Waals surface area contributed by atoms with Crippen LogP contribution in [0.3, 0.4) is 0 Å². The van der Waals surface area contributed by atoms with E-state index in [0.717, 1.165) is 77.0 Å². The molecule has 0 spiro atoms. The van der Waals surface area contributed by atoms with Gasteiger partial charge in [0.05, 0.1) is 0 Å². The first-order valence-corrected chi connectivity index (χ1v) is 26.0. The average Bonchev–Trinajstić information content (AvgIpc) is 3.40. The molecule has 3 saturated carbocycles. The van der Waals surface area contributed by atoms with E-state index in [1.165, 1.54) is 44.5 Å². The van der Waals surface area contributed by atoms with Crippen LogP contribution in [0, 0.1) is 17.8 Å². The smallest absolute Gasteiger partial charge is 0.115 e. The molecule has 10 rings (SSSR count). The van der Waals surface area contributed by atoms with Crippen molar-refractivity contribution in [1.82, 2.24) is 0 Å². The molecule has 6 heteroatoms. The molecule has 366 valence electrons. The van der Waals surface area contributed by atoms with Crippen LogP contribution in [-0.4, -0.2) is 30.6 Å². The third kappa shape index (κ3) is 8.72. The van der Waals surface area contributed by atoms with Crippen molar-refractivity contribution in [2.75, 3.05) is 0 Å². The minimum atomic E-state index is -0.256. The van der Waals surface area contributed by atoms with Gasteiger partial charge in [0, 0.05) is 16.2 Å². The third-order valence-corrected chi connectivity index (χ3v) is 19.0. The minimum Gasteiger partial charge on any atom is -0.508 e. The molecule has 0 bridgehead atoms. The maximum Gasteiger partial charge on any atom is 0.115 e. The number of phenols is 6. The zero-order valence-electron chi connectivity index (χ0n) is 41.6. The second-order valence-corrected chi connectivity index (χ2v) is 22.4. The second kappa shape index (κ2) is 18.8. The van der Waals surface area contributed by atoms with Crippen molar-refractivity contribution in [3.63, 3.8) is 0 Å². The molecule has 7 aromatic rings. The van der Waals surface area contributed by atoms with E-state index < -0.39 is 0 Å². The molecular formula is C65H70O6. The molecule has 3 aliphatic carbocycles. The summed E-state index contributed by atoms with van der Waals surface area (Å²) in [4.78, 5) is 0. The van der Waals surface area contributed by atoms with E-state index >= 15 is 0 Å². The molecule has 7 aromatic carbocycles. The normalized spacial score (nSPS) is 18.7. The Morgan fingerprint density at radius 1 is 0.282 bits per heavy atom. The molecule has 0 aliphatic heterocycles. The quantitative estimate of drug-likeness (QED) is 0.0768. The molecular weight excluding hydrogens is 877 g/mol. The molecule has 3 aliphatic rings. The molecule has 0 atom stereocenters. The second-order valence-electron chi connectivity index (χ2n) is 22.4. The maximum absolute atomic E-state index is 10.4. The van der Waals surface area contributed by atoms with Gasteiger partial charge in [-0.3, -0.25) is 0 Å². The highest BCUT2D eigenvalue weighted by Crippen LogP contribution is 2.59. The van der Waals surface area contributed by atoms with Crippen LogP contribution in [0.15, 0.2) is 170 Å². The number of hydrogen-bond donors (Lipinski definition) is 6. The fourth-order valence-corrected chi connectivity index (χ4v) is 14.5. The van der Waals surface area contributed by atoms with Gasteiger partial charge in [-0.25, -0.2) is 0 Å². The average molecular weight is 947 g/mol. The van der Waals surface area contributed by atoms with Gasteiger partial charge in [-0.05, 0) is 223 Å². The molecule has 3 fully saturated rings. The fourth-order valence-electron chi connectivity index (χ4n) is 14.5. The summed E-state index contributed by atoms with van der Waals surface area (Å²) < 4.78 is 0. The molecule has 0 amide bonds. The molecule has 6 nitrogen and oxygen atoms in total. The van der Waals surface area contributed by atoms with E-state index in [0.29, 0.717) is 17.8 Å². The molecule has 0 unspecified atom stereocenters. The number of rotatable bonds is 11. The molecule has 0 radical (unpaired) electrons.